The average molecular weight is 201 g/mol. The predicted octanol–water partition coefficient (Wildman–Crippen LogP) is 3.02. The second-order valence-corrected chi connectivity index (χ2v) is 4.03. The zero-order valence-corrected chi connectivity index (χ0v) is 8.78. The fourth-order valence-corrected chi connectivity index (χ4v) is 2.00. The molecule has 15 heavy (non-hydrogen) atoms. The molecule has 0 aromatic heterocycles. The molecule has 0 heterocycles. The van der Waals surface area contributed by atoms with Crippen molar-refractivity contribution in [2.24, 2.45) is 0 Å². The van der Waals surface area contributed by atoms with Gasteiger partial charge in [0.1, 0.15) is 0 Å². The van der Waals surface area contributed by atoms with Crippen molar-refractivity contribution >= 4 is 0 Å². The Kier molecular flexibility index (Phi) is 3.37. The quantitative estimate of drug-likeness (QED) is 0.753. The van der Waals surface area contributed by atoms with Crippen LogP contribution in [0.4, 0.5) is 0 Å². The van der Waals surface area contributed by atoms with Crippen molar-refractivity contribution in [1.29, 1.82) is 5.26 Å². The number of hydrogen-bond donors (Lipinski definition) is 0. The van der Waals surface area contributed by atoms with Gasteiger partial charge >= 0.3 is 0 Å². The molecule has 0 radical (unpaired) electrons. The van der Waals surface area contributed by atoms with E-state index in [0.717, 1.165) is 5.56 Å². The molecular weight excluding hydrogens is 186 g/mol. The largest absolute Gasteiger partial charge is 0.374 e. The SMILES string of the molecule is N#Cc1cccc(COC2CCCC2)c1. The molecule has 0 bridgehead atoms. The van der Waals surface area contributed by atoms with E-state index in [2.05, 4.69) is 6.07 Å². The molecule has 78 valence electrons. The Hall–Kier alpha value is -1.33. The molecule has 2 rings (SSSR count). The van der Waals surface area contributed by atoms with E-state index < -0.39 is 0 Å². The summed E-state index contributed by atoms with van der Waals surface area (Å²) in [6.07, 6.45) is 5.41. The Bertz CT molecular complexity index is 361. The van der Waals surface area contributed by atoms with Crippen LogP contribution in [-0.4, -0.2) is 6.10 Å². The summed E-state index contributed by atoms with van der Waals surface area (Å²) in [6, 6.07) is 9.77. The van der Waals surface area contributed by atoms with Crippen LogP contribution in [0, 0.1) is 11.3 Å². The summed E-state index contributed by atoms with van der Waals surface area (Å²) in [5, 5.41) is 8.75. The highest BCUT2D eigenvalue weighted by molar-refractivity contribution is 5.32. The third kappa shape index (κ3) is 2.81. The van der Waals surface area contributed by atoms with Gasteiger partial charge in [-0.2, -0.15) is 5.26 Å². The number of nitrogens with zero attached hydrogens (tertiary/aromatic N) is 1. The van der Waals surface area contributed by atoms with Gasteiger partial charge in [0.15, 0.2) is 0 Å². The number of nitriles is 1. The molecule has 0 amide bonds. The van der Waals surface area contributed by atoms with Crippen molar-refractivity contribution in [2.75, 3.05) is 0 Å². The van der Waals surface area contributed by atoms with Gasteiger partial charge in [0, 0.05) is 0 Å². The highest BCUT2D eigenvalue weighted by Crippen LogP contribution is 2.22. The van der Waals surface area contributed by atoms with Crippen LogP contribution in [0.5, 0.6) is 0 Å². The van der Waals surface area contributed by atoms with Gasteiger partial charge in [-0.15, -0.1) is 0 Å². The van der Waals surface area contributed by atoms with Gasteiger partial charge in [0.25, 0.3) is 0 Å². The summed E-state index contributed by atoms with van der Waals surface area (Å²) >= 11 is 0. The van der Waals surface area contributed by atoms with E-state index in [1.807, 2.05) is 24.3 Å². The fourth-order valence-electron chi connectivity index (χ4n) is 2.00. The topological polar surface area (TPSA) is 33.0 Å². The van der Waals surface area contributed by atoms with Gasteiger partial charge < -0.3 is 4.74 Å². The Morgan fingerprint density at radius 2 is 2.13 bits per heavy atom. The van der Waals surface area contributed by atoms with Crippen molar-refractivity contribution < 1.29 is 4.74 Å². The molecule has 1 aliphatic carbocycles. The van der Waals surface area contributed by atoms with Crippen molar-refractivity contribution in [3.63, 3.8) is 0 Å². The maximum absolute atomic E-state index is 8.75. The lowest BCUT2D eigenvalue weighted by molar-refractivity contribution is 0.0457. The number of benzene rings is 1. The lowest BCUT2D eigenvalue weighted by atomic mass is 10.1. The molecule has 1 saturated carbocycles. The first-order valence-corrected chi connectivity index (χ1v) is 5.49. The lowest BCUT2D eigenvalue weighted by Gasteiger charge is -2.10. The molecule has 1 aromatic carbocycles. The minimum absolute atomic E-state index is 0.441. The molecule has 0 unspecified atom stereocenters. The van der Waals surface area contributed by atoms with Gasteiger partial charge in [0.05, 0.1) is 24.3 Å². The van der Waals surface area contributed by atoms with E-state index in [-0.39, 0.29) is 0 Å². The number of rotatable bonds is 3. The van der Waals surface area contributed by atoms with Crippen LogP contribution in [0.3, 0.4) is 0 Å². The molecule has 0 aliphatic heterocycles. The van der Waals surface area contributed by atoms with Crippen LogP contribution in [0.25, 0.3) is 0 Å². The molecular formula is C13H15NO. The van der Waals surface area contributed by atoms with E-state index in [1.54, 1.807) is 0 Å². The Morgan fingerprint density at radius 1 is 1.33 bits per heavy atom. The van der Waals surface area contributed by atoms with Gasteiger partial charge in [0.2, 0.25) is 0 Å². The molecule has 0 atom stereocenters. The predicted molar refractivity (Wildman–Crippen MR) is 58.2 cm³/mol. The second-order valence-electron chi connectivity index (χ2n) is 4.03. The summed E-state index contributed by atoms with van der Waals surface area (Å²) < 4.78 is 5.78. The molecule has 0 saturated heterocycles. The summed E-state index contributed by atoms with van der Waals surface area (Å²) in [6.45, 7) is 0.639. The van der Waals surface area contributed by atoms with Crippen LogP contribution >= 0.6 is 0 Å². The third-order valence-corrected chi connectivity index (χ3v) is 2.84. The molecule has 0 N–H and O–H groups in total. The second kappa shape index (κ2) is 4.95. The summed E-state index contributed by atoms with van der Waals surface area (Å²) in [5.41, 5.74) is 1.81. The molecule has 1 fully saturated rings. The first kappa shape index (κ1) is 10.2. The Balaban J connectivity index is 1.90. The van der Waals surface area contributed by atoms with Crippen LogP contribution in [-0.2, 0) is 11.3 Å². The maximum Gasteiger partial charge on any atom is 0.0991 e. The first-order valence-electron chi connectivity index (χ1n) is 5.49. The van der Waals surface area contributed by atoms with E-state index in [9.17, 15) is 0 Å². The lowest BCUT2D eigenvalue weighted by Crippen LogP contribution is -2.07. The number of ether oxygens (including phenoxy) is 1. The van der Waals surface area contributed by atoms with Crippen molar-refractivity contribution in [3.8, 4) is 6.07 Å². The van der Waals surface area contributed by atoms with E-state index >= 15 is 0 Å². The van der Waals surface area contributed by atoms with Gasteiger partial charge in [-0.3, -0.25) is 0 Å². The molecule has 1 aliphatic rings. The Labute approximate surface area is 90.5 Å². The van der Waals surface area contributed by atoms with Crippen molar-refractivity contribution in [3.05, 3.63) is 35.4 Å². The van der Waals surface area contributed by atoms with Gasteiger partial charge in [-0.05, 0) is 30.5 Å². The molecule has 1 aromatic rings. The monoisotopic (exact) mass is 201 g/mol. The third-order valence-electron chi connectivity index (χ3n) is 2.84. The van der Waals surface area contributed by atoms with E-state index in [1.165, 1.54) is 25.7 Å². The van der Waals surface area contributed by atoms with Crippen molar-refractivity contribution in [1.82, 2.24) is 0 Å². The fraction of sp³-hybridized carbons (Fsp3) is 0.462. The molecule has 2 heteroatoms. The molecule has 0 spiro atoms. The smallest absolute Gasteiger partial charge is 0.0991 e. The van der Waals surface area contributed by atoms with E-state index in [0.29, 0.717) is 18.3 Å². The molecule has 2 nitrogen and oxygen atoms in total. The summed E-state index contributed by atoms with van der Waals surface area (Å²) in [4.78, 5) is 0. The maximum atomic E-state index is 8.75. The van der Waals surface area contributed by atoms with Crippen LogP contribution in [0.2, 0.25) is 0 Å². The zero-order valence-electron chi connectivity index (χ0n) is 8.78. The van der Waals surface area contributed by atoms with Crippen LogP contribution in [0.1, 0.15) is 36.8 Å². The van der Waals surface area contributed by atoms with Gasteiger partial charge in [-0.25, -0.2) is 0 Å². The van der Waals surface area contributed by atoms with Gasteiger partial charge in [-0.1, -0.05) is 25.0 Å². The van der Waals surface area contributed by atoms with Crippen LogP contribution < -0.4 is 0 Å². The average Bonchev–Trinajstić information content (AvgIpc) is 2.79. The van der Waals surface area contributed by atoms with E-state index in [4.69, 9.17) is 10.00 Å². The number of hydrogen-bond acceptors (Lipinski definition) is 2. The Morgan fingerprint density at radius 3 is 2.87 bits per heavy atom. The summed E-state index contributed by atoms with van der Waals surface area (Å²) in [5.74, 6) is 0. The standard InChI is InChI=1S/C13H15NO/c14-9-11-4-3-5-12(8-11)10-15-13-6-1-2-7-13/h3-5,8,13H,1-2,6-7,10H2. The normalized spacial score (nSPS) is 16.5. The highest BCUT2D eigenvalue weighted by Gasteiger charge is 2.14. The first-order chi connectivity index (χ1) is 7.38. The minimum Gasteiger partial charge on any atom is -0.374 e. The highest BCUT2D eigenvalue weighted by atomic mass is 16.5. The zero-order chi connectivity index (χ0) is 10.5. The van der Waals surface area contributed by atoms with Crippen molar-refractivity contribution in [2.45, 2.75) is 38.4 Å². The van der Waals surface area contributed by atoms with Crippen LogP contribution in [0.15, 0.2) is 24.3 Å². The summed E-state index contributed by atoms with van der Waals surface area (Å²) in [7, 11) is 0. The minimum atomic E-state index is 0.441.